The van der Waals surface area contributed by atoms with Gasteiger partial charge in [0.1, 0.15) is 5.75 Å². The fraction of sp³-hybridized carbons (Fsp3) is 0.600. The van der Waals surface area contributed by atoms with Crippen molar-refractivity contribution in [3.8, 4) is 5.75 Å². The lowest BCUT2D eigenvalue weighted by atomic mass is 9.99. The second-order valence-corrected chi connectivity index (χ2v) is 16.0. The minimum absolute atomic E-state index is 0.102. The minimum Gasteiger partial charge on any atom is -0.497 e. The van der Waals surface area contributed by atoms with Crippen LogP contribution in [-0.4, -0.2) is 27.4 Å². The molecule has 35 heavy (non-hydrogen) atoms. The molecule has 0 aromatic heterocycles. The van der Waals surface area contributed by atoms with E-state index in [-0.39, 0.29) is 18.7 Å². The van der Waals surface area contributed by atoms with Crippen molar-refractivity contribution < 1.29 is 8.95 Å². The summed E-state index contributed by atoms with van der Waals surface area (Å²) in [5.41, 5.74) is 4.14. The molecule has 2 aliphatic carbocycles. The quantitative estimate of drug-likeness (QED) is 0.369. The number of benzene rings is 2. The first-order valence-corrected chi connectivity index (χ1v) is 16.2. The summed E-state index contributed by atoms with van der Waals surface area (Å²) in [5, 5.41) is 1.56. The summed E-state index contributed by atoms with van der Waals surface area (Å²) in [6.45, 7) is 6.14. The van der Waals surface area contributed by atoms with Crippen LogP contribution in [-0.2, 0) is 11.0 Å². The second kappa shape index (κ2) is 12.3. The molecule has 0 heterocycles. The van der Waals surface area contributed by atoms with Crippen LogP contribution in [0.2, 0.25) is 0 Å². The molecule has 2 fully saturated rings. The number of hydrogen-bond acceptors (Lipinski definition) is 2. The molecule has 5 heteroatoms. The lowest BCUT2D eigenvalue weighted by Gasteiger charge is -2.40. The zero-order chi connectivity index (χ0) is 24.8. The summed E-state index contributed by atoms with van der Waals surface area (Å²) in [4.78, 5) is 0. The zero-order valence-electron chi connectivity index (χ0n) is 22.1. The highest BCUT2D eigenvalue weighted by atomic mass is 32.2. The van der Waals surface area contributed by atoms with Gasteiger partial charge in [-0.3, -0.25) is 0 Å². The third-order valence-electron chi connectivity index (χ3n) is 7.69. The highest BCUT2D eigenvalue weighted by molar-refractivity contribution is 7.84. The number of methoxy groups -OCH3 is 1. The molecule has 1 N–H and O–H groups in total. The number of hydrogen-bond donors (Lipinski definition) is 1. The van der Waals surface area contributed by atoms with Crippen LogP contribution in [0.15, 0.2) is 48.5 Å². The fourth-order valence-corrected chi connectivity index (χ4v) is 10.6. The van der Waals surface area contributed by atoms with Gasteiger partial charge in [-0.05, 0) is 86.3 Å². The first-order chi connectivity index (χ1) is 16.9. The maximum Gasteiger partial charge on any atom is 0.118 e. The number of nitrogens with one attached hydrogen (secondary N) is 1. The van der Waals surface area contributed by atoms with Gasteiger partial charge in [-0.1, -0.05) is 82.8 Å². The largest absolute Gasteiger partial charge is 0.497 e. The van der Waals surface area contributed by atoms with Crippen molar-refractivity contribution in [1.29, 1.82) is 0 Å². The monoisotopic (exact) mass is 513 g/mol. The van der Waals surface area contributed by atoms with Gasteiger partial charge in [-0.2, -0.15) is 0 Å². The van der Waals surface area contributed by atoms with Crippen LogP contribution in [0.4, 0.5) is 0 Å². The van der Waals surface area contributed by atoms with Crippen molar-refractivity contribution >= 4 is 24.2 Å². The van der Waals surface area contributed by atoms with E-state index in [0.717, 1.165) is 22.6 Å². The molecular formula is C30H44NO2PS. The number of ether oxygens (including phenoxy) is 1. The Morgan fingerprint density at radius 1 is 0.857 bits per heavy atom. The first-order valence-electron chi connectivity index (χ1n) is 13.6. The van der Waals surface area contributed by atoms with Gasteiger partial charge in [0.05, 0.1) is 28.9 Å². The lowest BCUT2D eigenvalue weighted by Crippen LogP contribution is -2.38. The molecular weight excluding hydrogens is 469 g/mol. The highest BCUT2D eigenvalue weighted by Crippen LogP contribution is 2.56. The molecule has 0 amide bonds. The van der Waals surface area contributed by atoms with Crippen molar-refractivity contribution in [3.05, 3.63) is 59.7 Å². The predicted molar refractivity (Wildman–Crippen MR) is 153 cm³/mol. The topological polar surface area (TPSA) is 38.3 Å². The molecule has 4 rings (SSSR count). The molecule has 192 valence electrons. The van der Waals surface area contributed by atoms with E-state index in [0.29, 0.717) is 0 Å². The summed E-state index contributed by atoms with van der Waals surface area (Å²) < 4.78 is 22.1. The minimum atomic E-state index is -1.18. The molecule has 1 unspecified atom stereocenters. The van der Waals surface area contributed by atoms with E-state index in [2.05, 4.69) is 41.1 Å². The van der Waals surface area contributed by atoms with Gasteiger partial charge in [-0.25, -0.2) is 8.93 Å². The van der Waals surface area contributed by atoms with E-state index >= 15 is 0 Å². The normalized spacial score (nSPS) is 20.0. The van der Waals surface area contributed by atoms with E-state index in [1.54, 1.807) is 12.4 Å². The van der Waals surface area contributed by atoms with Gasteiger partial charge in [0.2, 0.25) is 0 Å². The van der Waals surface area contributed by atoms with Gasteiger partial charge in [0.15, 0.2) is 0 Å². The van der Waals surface area contributed by atoms with E-state index in [1.807, 2.05) is 32.9 Å². The fourth-order valence-electron chi connectivity index (χ4n) is 5.77. The Hall–Kier alpha value is -1.22. The van der Waals surface area contributed by atoms with Gasteiger partial charge < -0.3 is 4.74 Å². The molecule has 3 nitrogen and oxygen atoms in total. The van der Waals surface area contributed by atoms with Crippen molar-refractivity contribution in [1.82, 2.24) is 4.72 Å². The van der Waals surface area contributed by atoms with Crippen LogP contribution in [0.1, 0.15) is 102 Å². The summed E-state index contributed by atoms with van der Waals surface area (Å²) in [6, 6.07) is 17.4. The average molecular weight is 514 g/mol. The van der Waals surface area contributed by atoms with Crippen LogP contribution in [0.3, 0.4) is 0 Å². The van der Waals surface area contributed by atoms with E-state index in [9.17, 15) is 4.21 Å². The standard InChI is InChI=1S/C30H44NO2PS/c1-30(2,3)35(32)31-29(23-19-21-24(33-4)22-20-23)27-17-11-12-18-28(27)34(25-13-7-5-8-14-25)26-15-9-6-10-16-26/h11-12,17-22,25-26,29,31H,5-10,13-16H2,1-4H3/t29-,35?/m0/s1. The highest BCUT2D eigenvalue weighted by Gasteiger charge is 2.35. The van der Waals surface area contributed by atoms with Crippen molar-refractivity contribution in [2.75, 3.05) is 7.11 Å². The van der Waals surface area contributed by atoms with Gasteiger partial charge in [0, 0.05) is 0 Å². The predicted octanol–water partition coefficient (Wildman–Crippen LogP) is 7.61. The Morgan fingerprint density at radius 2 is 1.40 bits per heavy atom. The molecule has 2 atom stereocenters. The van der Waals surface area contributed by atoms with Crippen molar-refractivity contribution in [2.45, 2.75) is 107 Å². The Kier molecular flexibility index (Phi) is 9.47. The molecule has 0 bridgehead atoms. The molecule has 2 aromatic rings. The zero-order valence-corrected chi connectivity index (χ0v) is 23.8. The van der Waals surface area contributed by atoms with Gasteiger partial charge in [0.25, 0.3) is 0 Å². The molecule has 2 aliphatic rings. The molecule has 0 radical (unpaired) electrons. The van der Waals surface area contributed by atoms with E-state index < -0.39 is 11.0 Å². The lowest BCUT2D eigenvalue weighted by molar-refractivity contribution is 0.414. The summed E-state index contributed by atoms with van der Waals surface area (Å²) in [5.74, 6) is 0.851. The van der Waals surface area contributed by atoms with Crippen LogP contribution in [0.25, 0.3) is 0 Å². The van der Waals surface area contributed by atoms with Crippen LogP contribution < -0.4 is 14.8 Å². The Morgan fingerprint density at radius 3 is 1.91 bits per heavy atom. The molecule has 0 saturated heterocycles. The number of rotatable bonds is 8. The van der Waals surface area contributed by atoms with E-state index in [4.69, 9.17) is 4.74 Å². The summed E-state index contributed by atoms with van der Waals surface area (Å²) >= 11 is 0. The third kappa shape index (κ3) is 6.76. The summed E-state index contributed by atoms with van der Waals surface area (Å²) in [6.07, 6.45) is 13.8. The molecule has 0 spiro atoms. The van der Waals surface area contributed by atoms with Crippen LogP contribution >= 0.6 is 7.92 Å². The van der Waals surface area contributed by atoms with Gasteiger partial charge >= 0.3 is 0 Å². The first kappa shape index (κ1) is 26.8. The molecule has 2 saturated carbocycles. The van der Waals surface area contributed by atoms with Crippen molar-refractivity contribution in [3.63, 3.8) is 0 Å². The maximum atomic E-state index is 13.4. The third-order valence-corrected chi connectivity index (χ3v) is 12.8. The molecule has 0 aliphatic heterocycles. The summed E-state index contributed by atoms with van der Waals surface area (Å²) in [7, 11) is 0.262. The molecule has 2 aromatic carbocycles. The maximum absolute atomic E-state index is 13.4. The van der Waals surface area contributed by atoms with Crippen LogP contribution in [0, 0.1) is 0 Å². The van der Waals surface area contributed by atoms with Gasteiger partial charge in [-0.15, -0.1) is 0 Å². The van der Waals surface area contributed by atoms with E-state index in [1.165, 1.54) is 69.8 Å². The smallest absolute Gasteiger partial charge is 0.118 e. The average Bonchev–Trinajstić information content (AvgIpc) is 2.88. The Balaban J connectivity index is 1.78. The Labute approximate surface area is 217 Å². The van der Waals surface area contributed by atoms with Crippen molar-refractivity contribution in [2.24, 2.45) is 0 Å². The SMILES string of the molecule is COc1ccc([C@H](NS(=O)C(C)(C)C)c2ccccc2P(C2CCCCC2)C2CCCCC2)cc1. The Bertz CT molecular complexity index is 941. The second-order valence-electron chi connectivity index (χ2n) is 11.3. The van der Waals surface area contributed by atoms with Crippen LogP contribution in [0.5, 0.6) is 5.75 Å².